The second kappa shape index (κ2) is 6.58. The van der Waals surface area contributed by atoms with Crippen molar-refractivity contribution in [3.63, 3.8) is 0 Å². The van der Waals surface area contributed by atoms with Crippen molar-refractivity contribution in [2.24, 2.45) is 5.92 Å². The third-order valence-electron chi connectivity index (χ3n) is 3.80. The number of carbonyl (C=O) groups excluding carboxylic acids is 1. The van der Waals surface area contributed by atoms with E-state index in [0.29, 0.717) is 12.3 Å². The molecule has 18 heavy (non-hydrogen) atoms. The summed E-state index contributed by atoms with van der Waals surface area (Å²) < 4.78 is 0. The lowest BCUT2D eigenvalue weighted by atomic mass is 9.89. The summed E-state index contributed by atoms with van der Waals surface area (Å²) in [5.74, 6) is 0.866. The van der Waals surface area contributed by atoms with Crippen molar-refractivity contribution in [2.75, 3.05) is 6.54 Å². The molecule has 0 spiro atoms. The Kier molecular flexibility index (Phi) is 4.80. The average molecular weight is 245 g/mol. The fraction of sp³-hybridized carbons (Fsp3) is 0.562. The summed E-state index contributed by atoms with van der Waals surface area (Å²) in [6.07, 6.45) is 7.10. The van der Waals surface area contributed by atoms with Gasteiger partial charge < -0.3 is 5.32 Å². The molecule has 0 heterocycles. The van der Waals surface area contributed by atoms with Crippen molar-refractivity contribution >= 4 is 5.91 Å². The molecule has 2 rings (SSSR count). The quantitative estimate of drug-likeness (QED) is 0.867. The Morgan fingerprint density at radius 1 is 1.17 bits per heavy atom. The Hall–Kier alpha value is -1.31. The third-order valence-corrected chi connectivity index (χ3v) is 3.80. The van der Waals surface area contributed by atoms with Crippen LogP contribution in [0.5, 0.6) is 0 Å². The number of hydrogen-bond donors (Lipinski definition) is 1. The van der Waals surface area contributed by atoms with Gasteiger partial charge in [-0.1, -0.05) is 49.1 Å². The Balaban J connectivity index is 1.73. The van der Waals surface area contributed by atoms with E-state index in [0.717, 1.165) is 12.1 Å². The van der Waals surface area contributed by atoms with E-state index >= 15 is 0 Å². The number of nitrogens with one attached hydrogen (secondary N) is 1. The van der Waals surface area contributed by atoms with Crippen LogP contribution in [0.3, 0.4) is 0 Å². The van der Waals surface area contributed by atoms with Crippen LogP contribution in [0.25, 0.3) is 0 Å². The van der Waals surface area contributed by atoms with Crippen LogP contribution in [0.15, 0.2) is 24.3 Å². The van der Waals surface area contributed by atoms with Crippen LogP contribution < -0.4 is 5.32 Å². The lowest BCUT2D eigenvalue weighted by Crippen LogP contribution is -2.31. The van der Waals surface area contributed by atoms with Crippen molar-refractivity contribution in [3.8, 4) is 0 Å². The molecule has 1 aliphatic carbocycles. The highest BCUT2D eigenvalue weighted by Gasteiger charge is 2.14. The fourth-order valence-electron chi connectivity index (χ4n) is 2.60. The van der Waals surface area contributed by atoms with Gasteiger partial charge in [-0.2, -0.15) is 0 Å². The number of amides is 1. The van der Waals surface area contributed by atoms with Crippen molar-refractivity contribution in [2.45, 2.75) is 45.4 Å². The zero-order chi connectivity index (χ0) is 12.8. The van der Waals surface area contributed by atoms with E-state index in [4.69, 9.17) is 0 Å². The number of hydrogen-bond acceptors (Lipinski definition) is 1. The first-order valence-electron chi connectivity index (χ1n) is 7.06. The Morgan fingerprint density at radius 3 is 2.50 bits per heavy atom. The molecule has 0 saturated heterocycles. The van der Waals surface area contributed by atoms with E-state index in [9.17, 15) is 4.79 Å². The van der Waals surface area contributed by atoms with Crippen LogP contribution in [0.4, 0.5) is 0 Å². The predicted octanol–water partition coefficient (Wildman–Crippen LogP) is 3.23. The number of carbonyl (C=O) groups is 1. The van der Waals surface area contributed by atoms with Gasteiger partial charge in [0.25, 0.3) is 0 Å². The molecular formula is C16H23NO. The minimum Gasteiger partial charge on any atom is -0.356 e. The normalized spacial score (nSPS) is 16.5. The summed E-state index contributed by atoms with van der Waals surface area (Å²) >= 11 is 0. The van der Waals surface area contributed by atoms with Crippen LogP contribution in [0, 0.1) is 12.8 Å². The van der Waals surface area contributed by atoms with Gasteiger partial charge >= 0.3 is 0 Å². The molecule has 1 N–H and O–H groups in total. The van der Waals surface area contributed by atoms with E-state index in [2.05, 4.69) is 24.4 Å². The van der Waals surface area contributed by atoms with Crippen molar-refractivity contribution in [1.82, 2.24) is 5.32 Å². The summed E-state index contributed by atoms with van der Waals surface area (Å²) in [4.78, 5) is 11.8. The number of aryl methyl sites for hydroxylation is 1. The largest absolute Gasteiger partial charge is 0.356 e. The lowest BCUT2D eigenvalue weighted by Gasteiger charge is -2.21. The molecule has 0 bridgehead atoms. The minimum absolute atomic E-state index is 0.157. The molecule has 0 unspecified atom stereocenters. The highest BCUT2D eigenvalue weighted by atomic mass is 16.1. The lowest BCUT2D eigenvalue weighted by molar-refractivity contribution is -0.120. The Labute approximate surface area is 110 Å². The molecule has 1 aliphatic rings. The van der Waals surface area contributed by atoms with Gasteiger partial charge in [0.1, 0.15) is 0 Å². The molecule has 0 aliphatic heterocycles. The second-order valence-electron chi connectivity index (χ2n) is 5.47. The molecule has 0 atom stereocenters. The SMILES string of the molecule is Cc1ccc(CC(=O)NCC2CCCCC2)cc1. The second-order valence-corrected chi connectivity index (χ2v) is 5.47. The van der Waals surface area contributed by atoms with Crippen molar-refractivity contribution in [1.29, 1.82) is 0 Å². The summed E-state index contributed by atoms with van der Waals surface area (Å²) in [5, 5.41) is 3.08. The minimum atomic E-state index is 0.157. The first-order chi connectivity index (χ1) is 8.74. The van der Waals surface area contributed by atoms with Crippen LogP contribution in [-0.2, 0) is 11.2 Å². The van der Waals surface area contributed by atoms with Gasteiger partial charge in [-0.05, 0) is 31.2 Å². The van der Waals surface area contributed by atoms with Gasteiger partial charge in [-0.25, -0.2) is 0 Å². The molecule has 1 aromatic rings. The maximum Gasteiger partial charge on any atom is 0.224 e. The molecule has 98 valence electrons. The summed E-state index contributed by atoms with van der Waals surface area (Å²) in [6.45, 7) is 2.93. The third kappa shape index (κ3) is 4.17. The number of rotatable bonds is 4. The predicted molar refractivity (Wildman–Crippen MR) is 74.5 cm³/mol. The van der Waals surface area contributed by atoms with Gasteiger partial charge in [0.15, 0.2) is 0 Å². The van der Waals surface area contributed by atoms with Gasteiger partial charge in [0.05, 0.1) is 6.42 Å². The van der Waals surface area contributed by atoms with Gasteiger partial charge in [-0.15, -0.1) is 0 Å². The monoisotopic (exact) mass is 245 g/mol. The van der Waals surface area contributed by atoms with Crippen LogP contribution in [0.1, 0.15) is 43.2 Å². The molecule has 1 amide bonds. The zero-order valence-corrected chi connectivity index (χ0v) is 11.2. The summed E-state index contributed by atoms with van der Waals surface area (Å²) in [7, 11) is 0. The summed E-state index contributed by atoms with van der Waals surface area (Å²) in [5.41, 5.74) is 2.34. The highest BCUT2D eigenvalue weighted by Crippen LogP contribution is 2.22. The summed E-state index contributed by atoms with van der Waals surface area (Å²) in [6, 6.07) is 8.19. The first kappa shape index (κ1) is 13.1. The molecule has 1 fully saturated rings. The molecular weight excluding hydrogens is 222 g/mol. The maximum absolute atomic E-state index is 11.8. The zero-order valence-electron chi connectivity index (χ0n) is 11.2. The van der Waals surface area contributed by atoms with Crippen LogP contribution in [-0.4, -0.2) is 12.5 Å². The molecule has 1 aromatic carbocycles. The van der Waals surface area contributed by atoms with E-state index in [1.165, 1.54) is 37.7 Å². The maximum atomic E-state index is 11.8. The highest BCUT2D eigenvalue weighted by molar-refractivity contribution is 5.78. The van der Waals surface area contributed by atoms with Gasteiger partial charge in [-0.3, -0.25) is 4.79 Å². The van der Waals surface area contributed by atoms with Gasteiger partial charge in [0.2, 0.25) is 5.91 Å². The Morgan fingerprint density at radius 2 is 1.83 bits per heavy atom. The van der Waals surface area contributed by atoms with E-state index in [-0.39, 0.29) is 5.91 Å². The molecule has 2 heteroatoms. The fourth-order valence-corrected chi connectivity index (χ4v) is 2.60. The molecule has 0 radical (unpaired) electrons. The van der Waals surface area contributed by atoms with E-state index in [1.54, 1.807) is 0 Å². The van der Waals surface area contributed by atoms with E-state index in [1.807, 2.05) is 12.1 Å². The first-order valence-corrected chi connectivity index (χ1v) is 7.06. The van der Waals surface area contributed by atoms with Crippen LogP contribution >= 0.6 is 0 Å². The molecule has 0 aromatic heterocycles. The average Bonchev–Trinajstić information content (AvgIpc) is 2.40. The van der Waals surface area contributed by atoms with Crippen molar-refractivity contribution in [3.05, 3.63) is 35.4 Å². The van der Waals surface area contributed by atoms with E-state index < -0.39 is 0 Å². The standard InChI is InChI=1S/C16H23NO/c1-13-7-9-14(10-8-13)11-16(18)17-12-15-5-3-2-4-6-15/h7-10,15H,2-6,11-12H2,1H3,(H,17,18). The smallest absolute Gasteiger partial charge is 0.224 e. The molecule has 1 saturated carbocycles. The topological polar surface area (TPSA) is 29.1 Å². The van der Waals surface area contributed by atoms with Crippen molar-refractivity contribution < 1.29 is 4.79 Å². The number of benzene rings is 1. The molecule has 2 nitrogen and oxygen atoms in total. The Bertz CT molecular complexity index is 377. The van der Waals surface area contributed by atoms with Gasteiger partial charge in [0, 0.05) is 6.54 Å². The van der Waals surface area contributed by atoms with Crippen LogP contribution in [0.2, 0.25) is 0 Å².